The summed E-state index contributed by atoms with van der Waals surface area (Å²) in [5.41, 5.74) is 1.18. The third-order valence-corrected chi connectivity index (χ3v) is 6.98. The smallest absolute Gasteiger partial charge is 0.237 e. The number of carbonyl (C=O) groups excluding carboxylic acids is 1. The molecule has 2 aliphatic heterocycles. The van der Waals surface area contributed by atoms with E-state index in [0.717, 1.165) is 13.1 Å². The molecule has 1 amide bonds. The van der Waals surface area contributed by atoms with Crippen molar-refractivity contribution in [1.29, 1.82) is 0 Å². The van der Waals surface area contributed by atoms with Gasteiger partial charge in [0.15, 0.2) is 9.84 Å². The van der Waals surface area contributed by atoms with Gasteiger partial charge in [-0.25, -0.2) is 8.42 Å². The Morgan fingerprint density at radius 1 is 1.16 bits per heavy atom. The molecule has 0 aliphatic carbocycles. The average molecular weight is 365 g/mol. The topological polar surface area (TPSA) is 60.9 Å². The molecule has 0 aromatic heterocycles. The van der Waals surface area contributed by atoms with Crippen LogP contribution in [0.3, 0.4) is 0 Å². The van der Waals surface area contributed by atoms with Crippen LogP contribution in [0.5, 0.6) is 0 Å². The molecular weight excluding hydrogens is 338 g/mol. The van der Waals surface area contributed by atoms with Gasteiger partial charge in [0.2, 0.25) is 5.91 Å². The van der Waals surface area contributed by atoms with Crippen LogP contribution in [0, 0.1) is 0 Å². The largest absolute Gasteiger partial charge is 0.335 e. The third-order valence-electron chi connectivity index (χ3n) is 5.28. The number of hydrogen-bond acceptors (Lipinski definition) is 5. The minimum atomic E-state index is -3.10. The first-order valence-electron chi connectivity index (χ1n) is 8.86. The van der Waals surface area contributed by atoms with E-state index in [2.05, 4.69) is 17.0 Å². The van der Waals surface area contributed by atoms with Gasteiger partial charge in [-0.15, -0.1) is 0 Å². The van der Waals surface area contributed by atoms with Crippen molar-refractivity contribution >= 4 is 15.7 Å². The summed E-state index contributed by atoms with van der Waals surface area (Å²) in [6.07, 6.45) is 0. The van der Waals surface area contributed by atoms with Crippen molar-refractivity contribution < 1.29 is 13.2 Å². The van der Waals surface area contributed by atoms with Crippen molar-refractivity contribution in [2.75, 3.05) is 44.7 Å². The number of rotatable bonds is 5. The van der Waals surface area contributed by atoms with E-state index in [0.29, 0.717) is 19.6 Å². The monoisotopic (exact) mass is 365 g/mol. The van der Waals surface area contributed by atoms with E-state index in [1.165, 1.54) is 5.56 Å². The van der Waals surface area contributed by atoms with E-state index < -0.39 is 9.84 Å². The molecule has 2 saturated heterocycles. The summed E-state index contributed by atoms with van der Waals surface area (Å²) in [4.78, 5) is 18.7. The zero-order valence-corrected chi connectivity index (χ0v) is 15.8. The van der Waals surface area contributed by atoms with Gasteiger partial charge < -0.3 is 4.90 Å². The van der Waals surface area contributed by atoms with Gasteiger partial charge in [0.05, 0.1) is 24.1 Å². The highest BCUT2D eigenvalue weighted by Gasteiger charge is 2.47. The summed E-state index contributed by atoms with van der Waals surface area (Å²) in [5.74, 6) is 0.276. The second-order valence-corrected chi connectivity index (χ2v) is 9.24. The molecule has 7 heteroatoms. The predicted octanol–water partition coefficient (Wildman–Crippen LogP) is 0.448. The lowest BCUT2D eigenvalue weighted by Crippen LogP contribution is -2.61. The Kier molecular flexibility index (Phi) is 5.46. The summed E-state index contributed by atoms with van der Waals surface area (Å²) < 4.78 is 24.5. The number of benzene rings is 1. The highest BCUT2D eigenvalue weighted by atomic mass is 32.2. The lowest BCUT2D eigenvalue weighted by atomic mass is 10.0. The summed E-state index contributed by atoms with van der Waals surface area (Å²) in [6, 6.07) is 9.78. The minimum absolute atomic E-state index is 0.0378. The first-order valence-corrected chi connectivity index (χ1v) is 10.7. The Morgan fingerprint density at radius 3 is 2.52 bits per heavy atom. The van der Waals surface area contributed by atoms with Crippen molar-refractivity contribution in [3.05, 3.63) is 35.9 Å². The molecule has 0 spiro atoms. The molecular formula is C18H27N3O3S. The number of amides is 1. The van der Waals surface area contributed by atoms with Crippen LogP contribution in [0.15, 0.2) is 30.3 Å². The summed E-state index contributed by atoms with van der Waals surface area (Å²) in [6.45, 7) is 5.19. The third kappa shape index (κ3) is 4.22. The van der Waals surface area contributed by atoms with Crippen molar-refractivity contribution in [1.82, 2.24) is 14.7 Å². The molecule has 0 radical (unpaired) electrons. The van der Waals surface area contributed by atoms with Gasteiger partial charge in [-0.3, -0.25) is 14.6 Å². The highest BCUT2D eigenvalue weighted by Crippen LogP contribution is 2.28. The number of nitrogens with zero attached hydrogens (tertiary/aromatic N) is 3. The lowest BCUT2D eigenvalue weighted by molar-refractivity contribution is -0.138. The molecule has 2 fully saturated rings. The molecule has 25 heavy (non-hydrogen) atoms. The van der Waals surface area contributed by atoms with E-state index in [4.69, 9.17) is 0 Å². The number of fused-ring (bicyclic) bond motifs is 1. The maximum absolute atomic E-state index is 12.7. The molecule has 0 N–H and O–H groups in total. The van der Waals surface area contributed by atoms with E-state index in [-0.39, 0.29) is 29.5 Å². The molecule has 2 heterocycles. The maximum atomic E-state index is 12.7. The number of carbonyl (C=O) groups is 1. The molecule has 138 valence electrons. The van der Waals surface area contributed by atoms with Crippen LogP contribution in [0.25, 0.3) is 0 Å². The van der Waals surface area contributed by atoms with E-state index >= 15 is 0 Å². The first-order chi connectivity index (χ1) is 11.9. The van der Waals surface area contributed by atoms with Crippen LogP contribution in [0.1, 0.15) is 12.5 Å². The lowest BCUT2D eigenvalue weighted by Gasteiger charge is -2.44. The Hall–Kier alpha value is -1.44. The normalized spacial score (nSPS) is 26.0. The average Bonchev–Trinajstić information content (AvgIpc) is 2.91. The molecule has 2 aliphatic rings. The van der Waals surface area contributed by atoms with E-state index in [1.54, 1.807) is 0 Å². The SMILES string of the molecule is CCN(C)CC(=O)N1CCN(Cc2ccccc2)[C@@H]2CS(=O)(=O)C[C@@H]21. The van der Waals surface area contributed by atoms with Crippen molar-refractivity contribution in [2.24, 2.45) is 0 Å². The number of hydrogen-bond donors (Lipinski definition) is 0. The summed E-state index contributed by atoms with van der Waals surface area (Å²) in [7, 11) is -1.19. The standard InChI is InChI=1S/C18H27N3O3S/c1-3-19(2)12-18(22)21-10-9-20(11-15-7-5-4-6-8-15)16-13-25(23,24)14-17(16)21/h4-8,16-17H,3,9-14H2,1-2H3/t16-,17+/m1/s1. The Labute approximate surface area is 150 Å². The summed E-state index contributed by atoms with van der Waals surface area (Å²) >= 11 is 0. The van der Waals surface area contributed by atoms with Gasteiger partial charge in [-0.1, -0.05) is 37.3 Å². The predicted molar refractivity (Wildman–Crippen MR) is 98.0 cm³/mol. The van der Waals surface area contributed by atoms with Crippen LogP contribution < -0.4 is 0 Å². The highest BCUT2D eigenvalue weighted by molar-refractivity contribution is 7.91. The van der Waals surface area contributed by atoms with E-state index in [1.807, 2.05) is 42.0 Å². The zero-order chi connectivity index (χ0) is 18.0. The van der Waals surface area contributed by atoms with Crippen LogP contribution in [0.4, 0.5) is 0 Å². The van der Waals surface area contributed by atoms with Gasteiger partial charge in [-0.05, 0) is 19.2 Å². The Bertz CT molecular complexity index is 708. The van der Waals surface area contributed by atoms with Crippen LogP contribution >= 0.6 is 0 Å². The Balaban J connectivity index is 1.76. The zero-order valence-electron chi connectivity index (χ0n) is 15.0. The van der Waals surface area contributed by atoms with E-state index in [9.17, 15) is 13.2 Å². The van der Waals surface area contributed by atoms with Gasteiger partial charge in [0.1, 0.15) is 0 Å². The van der Waals surface area contributed by atoms with Crippen molar-refractivity contribution in [3.63, 3.8) is 0 Å². The number of likely N-dealkylation sites (N-methyl/N-ethyl adjacent to an activating group) is 1. The quantitative estimate of drug-likeness (QED) is 0.758. The molecule has 6 nitrogen and oxygen atoms in total. The maximum Gasteiger partial charge on any atom is 0.237 e. The van der Waals surface area contributed by atoms with Crippen LogP contribution in [-0.2, 0) is 21.2 Å². The molecule has 3 rings (SSSR count). The molecule has 1 aromatic carbocycles. The second kappa shape index (κ2) is 7.43. The fourth-order valence-electron chi connectivity index (χ4n) is 3.78. The fourth-order valence-corrected chi connectivity index (χ4v) is 5.79. The van der Waals surface area contributed by atoms with Crippen molar-refractivity contribution in [2.45, 2.75) is 25.6 Å². The van der Waals surface area contributed by atoms with Crippen LogP contribution in [0.2, 0.25) is 0 Å². The van der Waals surface area contributed by atoms with Crippen LogP contribution in [-0.4, -0.2) is 85.8 Å². The Morgan fingerprint density at radius 2 is 1.84 bits per heavy atom. The molecule has 0 saturated carbocycles. The van der Waals surface area contributed by atoms with Gasteiger partial charge in [0, 0.05) is 25.7 Å². The molecule has 1 aromatic rings. The number of piperazine rings is 1. The van der Waals surface area contributed by atoms with Gasteiger partial charge in [0.25, 0.3) is 0 Å². The van der Waals surface area contributed by atoms with Crippen molar-refractivity contribution in [3.8, 4) is 0 Å². The minimum Gasteiger partial charge on any atom is -0.335 e. The number of sulfone groups is 1. The fraction of sp³-hybridized carbons (Fsp3) is 0.611. The molecule has 2 atom stereocenters. The van der Waals surface area contributed by atoms with Gasteiger partial charge in [-0.2, -0.15) is 0 Å². The summed E-state index contributed by atoms with van der Waals surface area (Å²) in [5, 5.41) is 0. The van der Waals surface area contributed by atoms with Gasteiger partial charge >= 0.3 is 0 Å². The second-order valence-electron chi connectivity index (χ2n) is 7.09. The first kappa shape index (κ1) is 18.4. The molecule has 0 unspecified atom stereocenters. The molecule has 0 bridgehead atoms.